The highest BCUT2D eigenvalue weighted by atomic mass is 35.5. The molecule has 2 aromatic rings. The number of hydrogen-bond donors (Lipinski definition) is 1. The number of carbonyl (C=O) groups is 2. The second-order valence-electron chi connectivity index (χ2n) is 4.90. The van der Waals surface area contributed by atoms with E-state index in [9.17, 15) is 9.59 Å². The highest BCUT2D eigenvalue weighted by Crippen LogP contribution is 2.21. The largest absolute Gasteiger partial charge is 0.462 e. The normalized spacial score (nSPS) is 10.2. The Morgan fingerprint density at radius 2 is 1.75 bits per heavy atom. The van der Waals surface area contributed by atoms with Crippen LogP contribution in [-0.2, 0) is 9.53 Å². The molecule has 2 rings (SSSR count). The van der Waals surface area contributed by atoms with Crippen molar-refractivity contribution in [3.05, 3.63) is 59.1 Å². The third-order valence-corrected chi connectivity index (χ3v) is 4.36. The number of rotatable bonds is 7. The van der Waals surface area contributed by atoms with E-state index >= 15 is 0 Å². The zero-order chi connectivity index (χ0) is 17.4. The molecule has 0 atom stereocenters. The van der Waals surface area contributed by atoms with Gasteiger partial charge < -0.3 is 10.1 Å². The third kappa shape index (κ3) is 5.91. The minimum absolute atomic E-state index is 0.0691. The summed E-state index contributed by atoms with van der Waals surface area (Å²) in [5, 5.41) is 3.51. The zero-order valence-corrected chi connectivity index (χ0v) is 14.8. The van der Waals surface area contributed by atoms with Gasteiger partial charge in [0.05, 0.1) is 12.2 Å². The molecule has 0 heterocycles. The molecule has 126 valence electrons. The SMILES string of the molecule is CCOC(=O)c1ccc(NC(=O)CCSc2ccc(Cl)cc2)cc1. The smallest absolute Gasteiger partial charge is 0.338 e. The number of benzene rings is 2. The summed E-state index contributed by atoms with van der Waals surface area (Å²) in [6.45, 7) is 2.09. The van der Waals surface area contributed by atoms with Gasteiger partial charge in [-0.3, -0.25) is 4.79 Å². The molecule has 2 aromatic carbocycles. The molecule has 0 fully saturated rings. The minimum Gasteiger partial charge on any atom is -0.462 e. The molecule has 0 saturated carbocycles. The van der Waals surface area contributed by atoms with Crippen molar-refractivity contribution in [2.24, 2.45) is 0 Å². The molecule has 6 heteroatoms. The van der Waals surface area contributed by atoms with Gasteiger partial charge in [0.15, 0.2) is 0 Å². The van der Waals surface area contributed by atoms with Gasteiger partial charge in [-0.1, -0.05) is 11.6 Å². The summed E-state index contributed by atoms with van der Waals surface area (Å²) in [4.78, 5) is 24.6. The van der Waals surface area contributed by atoms with E-state index in [-0.39, 0.29) is 11.9 Å². The van der Waals surface area contributed by atoms with E-state index in [0.29, 0.717) is 35.1 Å². The monoisotopic (exact) mass is 363 g/mol. The van der Waals surface area contributed by atoms with Gasteiger partial charge in [-0.25, -0.2) is 4.79 Å². The second-order valence-corrected chi connectivity index (χ2v) is 6.50. The van der Waals surface area contributed by atoms with Crippen molar-refractivity contribution in [3.8, 4) is 0 Å². The number of hydrogen-bond acceptors (Lipinski definition) is 4. The first-order valence-electron chi connectivity index (χ1n) is 7.54. The molecule has 1 N–H and O–H groups in total. The van der Waals surface area contributed by atoms with E-state index in [1.54, 1.807) is 43.0 Å². The zero-order valence-electron chi connectivity index (χ0n) is 13.3. The summed E-state index contributed by atoms with van der Waals surface area (Å²) in [5.41, 5.74) is 1.12. The van der Waals surface area contributed by atoms with Crippen LogP contribution in [0.25, 0.3) is 0 Å². The van der Waals surface area contributed by atoms with Crippen LogP contribution in [0.2, 0.25) is 5.02 Å². The lowest BCUT2D eigenvalue weighted by molar-refractivity contribution is -0.115. The Morgan fingerprint density at radius 1 is 1.08 bits per heavy atom. The molecule has 0 radical (unpaired) electrons. The number of esters is 1. The number of anilines is 1. The van der Waals surface area contributed by atoms with Crippen LogP contribution in [0.15, 0.2) is 53.4 Å². The first-order chi connectivity index (χ1) is 11.6. The molecule has 0 aromatic heterocycles. The summed E-state index contributed by atoms with van der Waals surface area (Å²) in [6.07, 6.45) is 0.396. The summed E-state index contributed by atoms with van der Waals surface area (Å²) in [7, 11) is 0. The van der Waals surface area contributed by atoms with Gasteiger partial charge in [0.25, 0.3) is 0 Å². The number of ether oxygens (including phenoxy) is 1. The van der Waals surface area contributed by atoms with Crippen LogP contribution in [0.3, 0.4) is 0 Å². The molecule has 0 bridgehead atoms. The Kier molecular flexibility index (Phi) is 7.15. The number of halogens is 1. The molecule has 0 aliphatic heterocycles. The summed E-state index contributed by atoms with van der Waals surface area (Å²) < 4.78 is 4.91. The molecule has 0 aliphatic rings. The predicted molar refractivity (Wildman–Crippen MR) is 97.8 cm³/mol. The Balaban J connectivity index is 1.77. The lowest BCUT2D eigenvalue weighted by Gasteiger charge is -2.07. The molecule has 1 amide bonds. The average Bonchev–Trinajstić information content (AvgIpc) is 2.57. The van der Waals surface area contributed by atoms with E-state index in [4.69, 9.17) is 16.3 Å². The van der Waals surface area contributed by atoms with Crippen LogP contribution in [0.4, 0.5) is 5.69 Å². The first-order valence-corrected chi connectivity index (χ1v) is 8.90. The highest BCUT2D eigenvalue weighted by molar-refractivity contribution is 7.99. The van der Waals surface area contributed by atoms with E-state index < -0.39 is 0 Å². The van der Waals surface area contributed by atoms with Crippen molar-refractivity contribution in [1.29, 1.82) is 0 Å². The maximum absolute atomic E-state index is 11.9. The summed E-state index contributed by atoms with van der Waals surface area (Å²) >= 11 is 7.43. The lowest BCUT2D eigenvalue weighted by atomic mass is 10.2. The number of carbonyl (C=O) groups excluding carboxylic acids is 2. The topological polar surface area (TPSA) is 55.4 Å². The van der Waals surface area contributed by atoms with Gasteiger partial charge in [-0.05, 0) is 55.5 Å². The quantitative estimate of drug-likeness (QED) is 0.575. The van der Waals surface area contributed by atoms with Crippen LogP contribution < -0.4 is 5.32 Å². The molecule has 0 aliphatic carbocycles. The van der Waals surface area contributed by atoms with Crippen LogP contribution >= 0.6 is 23.4 Å². The van der Waals surface area contributed by atoms with Crippen molar-refractivity contribution in [2.75, 3.05) is 17.7 Å². The van der Waals surface area contributed by atoms with Gasteiger partial charge >= 0.3 is 5.97 Å². The lowest BCUT2D eigenvalue weighted by Crippen LogP contribution is -2.12. The minimum atomic E-state index is -0.366. The van der Waals surface area contributed by atoms with Gasteiger partial charge in [0.2, 0.25) is 5.91 Å². The van der Waals surface area contributed by atoms with Crippen molar-refractivity contribution in [2.45, 2.75) is 18.2 Å². The third-order valence-electron chi connectivity index (χ3n) is 3.09. The van der Waals surface area contributed by atoms with Crippen molar-refractivity contribution in [3.63, 3.8) is 0 Å². The fraction of sp³-hybridized carbons (Fsp3) is 0.222. The Morgan fingerprint density at radius 3 is 2.38 bits per heavy atom. The van der Waals surface area contributed by atoms with E-state index in [1.807, 2.05) is 24.3 Å². The Bertz CT molecular complexity index is 686. The molecule has 0 spiro atoms. The van der Waals surface area contributed by atoms with Gasteiger partial charge in [-0.15, -0.1) is 11.8 Å². The van der Waals surface area contributed by atoms with Crippen LogP contribution in [0.1, 0.15) is 23.7 Å². The molecular weight excluding hydrogens is 346 g/mol. The van der Waals surface area contributed by atoms with Crippen LogP contribution in [0.5, 0.6) is 0 Å². The van der Waals surface area contributed by atoms with Gasteiger partial charge in [0.1, 0.15) is 0 Å². The molecule has 4 nitrogen and oxygen atoms in total. The van der Waals surface area contributed by atoms with E-state index in [0.717, 1.165) is 4.90 Å². The molecule has 0 unspecified atom stereocenters. The van der Waals surface area contributed by atoms with Crippen LogP contribution in [-0.4, -0.2) is 24.2 Å². The summed E-state index contributed by atoms with van der Waals surface area (Å²) in [5.74, 6) is 0.240. The second kappa shape index (κ2) is 9.35. The first kappa shape index (κ1) is 18.4. The van der Waals surface area contributed by atoms with Crippen LogP contribution in [0, 0.1) is 0 Å². The maximum Gasteiger partial charge on any atom is 0.338 e. The average molecular weight is 364 g/mol. The standard InChI is InChI=1S/C18H18ClNO3S/c1-2-23-18(22)13-3-7-15(8-4-13)20-17(21)11-12-24-16-9-5-14(19)6-10-16/h3-10H,2,11-12H2,1H3,(H,20,21). The fourth-order valence-corrected chi connectivity index (χ4v) is 2.90. The van der Waals surface area contributed by atoms with Crippen molar-refractivity contribution >= 4 is 40.9 Å². The summed E-state index contributed by atoms with van der Waals surface area (Å²) in [6, 6.07) is 14.2. The Hall–Kier alpha value is -1.98. The van der Waals surface area contributed by atoms with Crippen molar-refractivity contribution in [1.82, 2.24) is 0 Å². The van der Waals surface area contributed by atoms with E-state index in [1.165, 1.54) is 0 Å². The van der Waals surface area contributed by atoms with Crippen molar-refractivity contribution < 1.29 is 14.3 Å². The predicted octanol–water partition coefficient (Wildman–Crippen LogP) is 4.64. The van der Waals surface area contributed by atoms with Gasteiger partial charge in [-0.2, -0.15) is 0 Å². The molecule has 24 heavy (non-hydrogen) atoms. The number of thioether (sulfide) groups is 1. The van der Waals surface area contributed by atoms with E-state index in [2.05, 4.69) is 5.32 Å². The van der Waals surface area contributed by atoms with Gasteiger partial charge in [0, 0.05) is 27.8 Å². The molecular formula is C18H18ClNO3S. The Labute approximate surface area is 150 Å². The number of nitrogens with one attached hydrogen (secondary N) is 1. The fourth-order valence-electron chi connectivity index (χ4n) is 1.92. The highest BCUT2D eigenvalue weighted by Gasteiger charge is 2.07. The maximum atomic E-state index is 11.9. The molecule has 0 saturated heterocycles. The number of amides is 1.